The Kier molecular flexibility index (Phi) is 1.84. The van der Waals surface area contributed by atoms with Crippen LogP contribution >= 0.6 is 0 Å². The van der Waals surface area contributed by atoms with Crippen molar-refractivity contribution in [2.45, 2.75) is 0 Å². The number of carbonyl (C=O) groups excluding carboxylic acids is 1. The van der Waals surface area contributed by atoms with Gasteiger partial charge in [0.2, 0.25) is 0 Å². The molecule has 0 aliphatic heterocycles. The molecule has 44 valence electrons. The molecule has 3 heteroatoms. The molecule has 0 aliphatic carbocycles. The van der Waals surface area contributed by atoms with Gasteiger partial charge in [-0.3, -0.25) is 0 Å². The third-order valence-electron chi connectivity index (χ3n) is 0.939. The Bertz CT molecular complexity index is 258. The van der Waals surface area contributed by atoms with E-state index in [0.717, 1.165) is 6.29 Å². The summed E-state index contributed by atoms with van der Waals surface area (Å²) >= 11 is 0.237. The van der Waals surface area contributed by atoms with Gasteiger partial charge in [-0.15, -0.1) is 0 Å². The summed E-state index contributed by atoms with van der Waals surface area (Å²) in [6, 6.07) is 1.94. The maximum atomic E-state index is 10.1. The summed E-state index contributed by atoms with van der Waals surface area (Å²) in [5, 5.41) is 8.36. The van der Waals surface area contributed by atoms with Gasteiger partial charge in [0, 0.05) is 0 Å². The van der Waals surface area contributed by atoms with Crippen LogP contribution in [0.3, 0.4) is 0 Å². The molecule has 1 aromatic rings. The Hall–Kier alpha value is -0.841. The van der Waals surface area contributed by atoms with Crippen LogP contribution in [0.15, 0.2) is 9.88 Å². The predicted molar refractivity (Wildman–Crippen MR) is 33.5 cm³/mol. The first kappa shape index (κ1) is 6.28. The van der Waals surface area contributed by atoms with E-state index in [1.807, 2.05) is 6.07 Å². The molecule has 0 bridgehead atoms. The molecule has 0 amide bonds. The first-order valence-electron chi connectivity index (χ1n) is 2.30. The van der Waals surface area contributed by atoms with Gasteiger partial charge in [-0.1, -0.05) is 0 Å². The van der Waals surface area contributed by atoms with Crippen LogP contribution in [-0.4, -0.2) is 20.8 Å². The van der Waals surface area contributed by atoms with E-state index in [1.54, 1.807) is 9.88 Å². The fourth-order valence-corrected chi connectivity index (χ4v) is 2.00. The van der Waals surface area contributed by atoms with E-state index in [1.165, 1.54) is 0 Å². The van der Waals surface area contributed by atoms with E-state index in [-0.39, 0.29) is 14.5 Å². The molecule has 0 spiro atoms. The summed E-state index contributed by atoms with van der Waals surface area (Å²) in [5.74, 6) is 0. The third kappa shape index (κ3) is 1.10. The normalized spacial score (nSPS) is 8.33. The molecule has 0 saturated carbocycles. The van der Waals surface area contributed by atoms with Gasteiger partial charge in [-0.05, 0) is 0 Å². The molecule has 0 N–H and O–H groups in total. The number of nitrogens with zero attached hydrogens (tertiary/aromatic N) is 1. The quantitative estimate of drug-likeness (QED) is 0.469. The number of hydrogen-bond acceptors (Lipinski definition) is 2. The van der Waals surface area contributed by atoms with E-state index >= 15 is 0 Å². The van der Waals surface area contributed by atoms with E-state index in [4.69, 9.17) is 5.26 Å². The summed E-state index contributed by atoms with van der Waals surface area (Å²) in [6.07, 6.45) is 0.726. The third-order valence-corrected chi connectivity index (χ3v) is 2.54. The van der Waals surface area contributed by atoms with Crippen LogP contribution in [0.25, 0.3) is 0 Å². The zero-order chi connectivity index (χ0) is 6.69. The molecule has 0 aliphatic rings. The van der Waals surface area contributed by atoms with Gasteiger partial charge in [0.05, 0.1) is 0 Å². The average molecular weight is 184 g/mol. The van der Waals surface area contributed by atoms with Gasteiger partial charge in [0.1, 0.15) is 0 Å². The molecule has 0 saturated heterocycles. The summed E-state index contributed by atoms with van der Waals surface area (Å²) in [7, 11) is 0. The van der Waals surface area contributed by atoms with Crippen molar-refractivity contribution >= 4 is 20.8 Å². The molecule has 0 fully saturated rings. The number of rotatable bonds is 1. The number of aldehydes is 1. The number of carbonyl (C=O) groups is 1. The van der Waals surface area contributed by atoms with Crippen molar-refractivity contribution in [1.82, 2.24) is 0 Å². The molecule has 1 heterocycles. The van der Waals surface area contributed by atoms with Gasteiger partial charge in [0.15, 0.2) is 0 Å². The predicted octanol–water partition coefficient (Wildman–Crippen LogP) is 0.428. The first-order chi connectivity index (χ1) is 4.38. The van der Waals surface area contributed by atoms with Crippen LogP contribution in [-0.2, 0) is 0 Å². The Labute approximate surface area is 58.5 Å². The Morgan fingerprint density at radius 3 is 2.89 bits per heavy atom. The standard InChI is InChI=1S/C6H3NOSe/c7-1-5-3-9-4-6(5)2-8/h2-4H. The monoisotopic (exact) mass is 185 g/mol. The molecular weight excluding hydrogens is 181 g/mol. The van der Waals surface area contributed by atoms with Crippen molar-refractivity contribution in [2.75, 3.05) is 0 Å². The van der Waals surface area contributed by atoms with Crippen LogP contribution in [0.2, 0.25) is 0 Å². The summed E-state index contributed by atoms with van der Waals surface area (Å²) < 4.78 is 0. The SMILES string of the molecule is N#Cc1c[se]cc1C=O. The number of nitriles is 1. The van der Waals surface area contributed by atoms with Crippen molar-refractivity contribution in [2.24, 2.45) is 0 Å². The summed E-state index contributed by atoms with van der Waals surface area (Å²) in [5.41, 5.74) is 1.09. The van der Waals surface area contributed by atoms with E-state index in [9.17, 15) is 4.79 Å². The fourth-order valence-electron chi connectivity index (χ4n) is 0.489. The van der Waals surface area contributed by atoms with E-state index in [2.05, 4.69) is 0 Å². The molecule has 9 heavy (non-hydrogen) atoms. The Balaban J connectivity index is 3.17. The zero-order valence-electron chi connectivity index (χ0n) is 4.50. The zero-order valence-corrected chi connectivity index (χ0v) is 6.21. The Morgan fingerprint density at radius 2 is 2.44 bits per heavy atom. The van der Waals surface area contributed by atoms with Crippen LogP contribution in [0, 0.1) is 11.3 Å². The topological polar surface area (TPSA) is 40.9 Å². The minimum absolute atomic E-state index is 0.237. The van der Waals surface area contributed by atoms with Crippen LogP contribution in [0.1, 0.15) is 15.9 Å². The van der Waals surface area contributed by atoms with Crippen molar-refractivity contribution in [3.63, 3.8) is 0 Å². The summed E-state index contributed by atoms with van der Waals surface area (Å²) in [6.45, 7) is 0. The maximum absolute atomic E-state index is 10.1. The van der Waals surface area contributed by atoms with Crippen molar-refractivity contribution in [1.29, 1.82) is 5.26 Å². The van der Waals surface area contributed by atoms with Crippen LogP contribution < -0.4 is 0 Å². The van der Waals surface area contributed by atoms with Gasteiger partial charge >= 0.3 is 57.9 Å². The average Bonchev–Trinajstić information content (AvgIpc) is 2.33. The fraction of sp³-hybridized carbons (Fsp3) is 0. The molecular formula is C6H3NOSe. The molecule has 2 nitrogen and oxygen atoms in total. The molecule has 1 rings (SSSR count). The molecule has 0 aromatic carbocycles. The molecule has 0 unspecified atom stereocenters. The van der Waals surface area contributed by atoms with E-state index in [0.29, 0.717) is 11.1 Å². The second kappa shape index (κ2) is 2.63. The Morgan fingerprint density at radius 1 is 1.67 bits per heavy atom. The molecule has 0 atom stereocenters. The van der Waals surface area contributed by atoms with Crippen molar-refractivity contribution < 1.29 is 4.79 Å². The van der Waals surface area contributed by atoms with E-state index < -0.39 is 0 Å². The minimum atomic E-state index is 0.237. The van der Waals surface area contributed by atoms with Gasteiger partial charge in [-0.25, -0.2) is 0 Å². The van der Waals surface area contributed by atoms with Crippen molar-refractivity contribution in [3.05, 3.63) is 21.0 Å². The molecule has 0 radical (unpaired) electrons. The second-order valence-corrected chi connectivity index (χ2v) is 3.03. The molecule has 1 aromatic heterocycles. The van der Waals surface area contributed by atoms with Crippen LogP contribution in [0.5, 0.6) is 0 Å². The second-order valence-electron chi connectivity index (χ2n) is 1.47. The van der Waals surface area contributed by atoms with Gasteiger partial charge < -0.3 is 0 Å². The van der Waals surface area contributed by atoms with Gasteiger partial charge in [0.25, 0.3) is 0 Å². The van der Waals surface area contributed by atoms with Crippen LogP contribution in [0.4, 0.5) is 0 Å². The van der Waals surface area contributed by atoms with Gasteiger partial charge in [-0.2, -0.15) is 0 Å². The number of hydrogen-bond donors (Lipinski definition) is 0. The summed E-state index contributed by atoms with van der Waals surface area (Å²) in [4.78, 5) is 13.7. The first-order valence-corrected chi connectivity index (χ1v) is 4.27. The van der Waals surface area contributed by atoms with Crippen molar-refractivity contribution in [3.8, 4) is 6.07 Å².